The molecule has 0 nitrogen and oxygen atoms in total. The van der Waals surface area contributed by atoms with Crippen LogP contribution >= 0.6 is 43.5 Å². The summed E-state index contributed by atoms with van der Waals surface area (Å²) in [7, 11) is 0. The Morgan fingerprint density at radius 1 is 1.11 bits per heavy atom. The molecule has 0 aliphatic heterocycles. The van der Waals surface area contributed by atoms with Gasteiger partial charge < -0.3 is 0 Å². The summed E-state index contributed by atoms with van der Waals surface area (Å²) in [6.07, 6.45) is 0.462. The fourth-order valence-electron chi connectivity index (χ4n) is 1.72. The Balaban J connectivity index is 2.25. The molecule has 2 aromatic carbocycles. The molecule has 18 heavy (non-hydrogen) atoms. The van der Waals surface area contributed by atoms with Crippen molar-refractivity contribution < 1.29 is 4.39 Å². The number of rotatable bonds is 3. The van der Waals surface area contributed by atoms with E-state index in [9.17, 15) is 4.39 Å². The average molecular weight is 392 g/mol. The van der Waals surface area contributed by atoms with E-state index in [2.05, 4.69) is 31.9 Å². The smallest absolute Gasteiger partial charge is 0.126 e. The second-order valence-electron chi connectivity index (χ2n) is 3.93. The van der Waals surface area contributed by atoms with Crippen molar-refractivity contribution in [1.29, 1.82) is 0 Å². The van der Waals surface area contributed by atoms with Gasteiger partial charge in [-0.15, -0.1) is 11.6 Å². The predicted octanol–water partition coefficient (Wildman–Crippen LogP) is 5.87. The van der Waals surface area contributed by atoms with Crippen LogP contribution in [0.2, 0.25) is 0 Å². The summed E-state index contributed by atoms with van der Waals surface area (Å²) in [5, 5.41) is -0.270. The third-order valence-electron chi connectivity index (χ3n) is 2.65. The van der Waals surface area contributed by atoms with Gasteiger partial charge in [-0.2, -0.15) is 0 Å². The van der Waals surface area contributed by atoms with Crippen molar-refractivity contribution in [2.24, 2.45) is 0 Å². The summed E-state index contributed by atoms with van der Waals surface area (Å²) >= 11 is 13.2. The zero-order valence-electron chi connectivity index (χ0n) is 9.34. The maximum atomic E-state index is 13.6. The Hall–Kier alpha value is -0.380. The summed E-state index contributed by atoms with van der Waals surface area (Å²) < 4.78 is 15.5. The van der Waals surface area contributed by atoms with Gasteiger partial charge in [0, 0.05) is 8.95 Å². The van der Waals surface area contributed by atoms with E-state index in [-0.39, 0.29) is 11.2 Å². The van der Waals surface area contributed by atoms with Crippen LogP contribution in [0.3, 0.4) is 0 Å². The number of hydrogen-bond donors (Lipinski definition) is 0. The molecule has 0 amide bonds. The fraction of sp³-hybridized carbons (Fsp3) is 0.143. The third kappa shape index (κ3) is 3.34. The quantitative estimate of drug-likeness (QED) is 0.573. The topological polar surface area (TPSA) is 0 Å². The number of benzene rings is 2. The predicted molar refractivity (Wildman–Crippen MR) is 80.5 cm³/mol. The molecule has 1 unspecified atom stereocenters. The molecule has 0 fully saturated rings. The van der Waals surface area contributed by atoms with Gasteiger partial charge in [-0.25, -0.2) is 4.39 Å². The highest BCUT2D eigenvalue weighted by Gasteiger charge is 2.14. The van der Waals surface area contributed by atoms with Gasteiger partial charge in [-0.1, -0.05) is 50.1 Å². The zero-order valence-corrected chi connectivity index (χ0v) is 13.3. The molecule has 0 saturated carbocycles. The molecule has 0 N–H and O–H groups in total. The highest BCUT2D eigenvalue weighted by Crippen LogP contribution is 2.33. The molecule has 1 atom stereocenters. The Morgan fingerprint density at radius 3 is 2.56 bits per heavy atom. The molecular weight excluding hydrogens is 382 g/mol. The molecule has 0 radical (unpaired) electrons. The molecule has 2 rings (SSSR count). The second-order valence-corrected chi connectivity index (χ2v) is 6.23. The van der Waals surface area contributed by atoms with Crippen LogP contribution in [0, 0.1) is 5.82 Å². The van der Waals surface area contributed by atoms with Gasteiger partial charge in [0.2, 0.25) is 0 Å². The van der Waals surface area contributed by atoms with Crippen molar-refractivity contribution in [3.63, 3.8) is 0 Å². The van der Waals surface area contributed by atoms with Gasteiger partial charge in [-0.05, 0) is 41.8 Å². The normalized spacial score (nSPS) is 12.4. The molecule has 0 aliphatic carbocycles. The first-order valence-corrected chi connectivity index (χ1v) is 7.42. The van der Waals surface area contributed by atoms with Crippen molar-refractivity contribution >= 4 is 43.5 Å². The van der Waals surface area contributed by atoms with Crippen LogP contribution < -0.4 is 0 Å². The van der Waals surface area contributed by atoms with Gasteiger partial charge in [0.15, 0.2) is 0 Å². The number of hydrogen-bond acceptors (Lipinski definition) is 0. The van der Waals surface area contributed by atoms with E-state index in [4.69, 9.17) is 11.6 Å². The highest BCUT2D eigenvalue weighted by molar-refractivity contribution is 9.11. The molecule has 0 heterocycles. The molecule has 0 bridgehead atoms. The summed E-state index contributed by atoms with van der Waals surface area (Å²) in [6.45, 7) is 0. The van der Waals surface area contributed by atoms with Gasteiger partial charge in [-0.3, -0.25) is 0 Å². The lowest BCUT2D eigenvalue weighted by Gasteiger charge is -2.13. The first-order chi connectivity index (χ1) is 8.58. The van der Waals surface area contributed by atoms with E-state index >= 15 is 0 Å². The maximum absolute atomic E-state index is 13.6. The minimum absolute atomic E-state index is 0.214. The molecule has 0 aromatic heterocycles. The lowest BCUT2D eigenvalue weighted by molar-refractivity contribution is 0.607. The highest BCUT2D eigenvalue weighted by atomic mass is 79.9. The van der Waals surface area contributed by atoms with Crippen molar-refractivity contribution in [3.8, 4) is 0 Å². The standard InChI is InChI=1S/C14H10Br2ClF/c15-10-5-6-12(16)11(8-10)13(17)7-9-3-1-2-4-14(9)18/h1-6,8,13H,7H2. The van der Waals surface area contributed by atoms with Crippen LogP contribution in [0.4, 0.5) is 4.39 Å². The summed E-state index contributed by atoms with van der Waals surface area (Å²) in [5.74, 6) is -0.214. The van der Waals surface area contributed by atoms with Crippen LogP contribution in [0.25, 0.3) is 0 Å². The largest absolute Gasteiger partial charge is 0.207 e. The van der Waals surface area contributed by atoms with Crippen LogP contribution in [0.15, 0.2) is 51.4 Å². The molecule has 0 aliphatic rings. The van der Waals surface area contributed by atoms with E-state index in [1.54, 1.807) is 12.1 Å². The van der Waals surface area contributed by atoms with Crippen LogP contribution in [0.1, 0.15) is 16.5 Å². The number of alkyl halides is 1. The van der Waals surface area contributed by atoms with E-state index in [1.807, 2.05) is 24.3 Å². The average Bonchev–Trinajstić information content (AvgIpc) is 2.35. The Morgan fingerprint density at radius 2 is 1.83 bits per heavy atom. The Labute approximate surface area is 127 Å². The van der Waals surface area contributed by atoms with Crippen molar-refractivity contribution in [1.82, 2.24) is 0 Å². The monoisotopic (exact) mass is 390 g/mol. The molecule has 2 aromatic rings. The van der Waals surface area contributed by atoms with Gasteiger partial charge in [0.1, 0.15) is 5.82 Å². The molecule has 4 heteroatoms. The van der Waals surface area contributed by atoms with Crippen LogP contribution in [0.5, 0.6) is 0 Å². The number of halogens is 4. The zero-order chi connectivity index (χ0) is 13.1. The SMILES string of the molecule is Fc1ccccc1CC(Cl)c1cc(Br)ccc1Br. The molecule has 0 spiro atoms. The maximum Gasteiger partial charge on any atom is 0.126 e. The van der Waals surface area contributed by atoms with Crippen molar-refractivity contribution in [2.75, 3.05) is 0 Å². The molecular formula is C14H10Br2ClF. The lowest BCUT2D eigenvalue weighted by Crippen LogP contribution is -1.99. The van der Waals surface area contributed by atoms with E-state index in [0.717, 1.165) is 14.5 Å². The van der Waals surface area contributed by atoms with Gasteiger partial charge in [0.25, 0.3) is 0 Å². The fourth-order valence-corrected chi connectivity index (χ4v) is 3.10. The summed E-state index contributed by atoms with van der Waals surface area (Å²) in [4.78, 5) is 0. The molecule has 94 valence electrons. The minimum Gasteiger partial charge on any atom is -0.207 e. The summed E-state index contributed by atoms with van der Waals surface area (Å²) in [5.41, 5.74) is 1.58. The van der Waals surface area contributed by atoms with E-state index < -0.39 is 0 Å². The van der Waals surface area contributed by atoms with Crippen molar-refractivity contribution in [2.45, 2.75) is 11.8 Å². The van der Waals surface area contributed by atoms with Gasteiger partial charge >= 0.3 is 0 Å². The first kappa shape index (κ1) is 14.0. The third-order valence-corrected chi connectivity index (χ3v) is 4.26. The minimum atomic E-state index is -0.270. The first-order valence-electron chi connectivity index (χ1n) is 5.40. The Kier molecular flexibility index (Phi) is 4.82. The van der Waals surface area contributed by atoms with E-state index in [1.165, 1.54) is 6.07 Å². The Bertz CT molecular complexity index is 557. The second kappa shape index (κ2) is 6.18. The van der Waals surface area contributed by atoms with Gasteiger partial charge in [0.05, 0.1) is 5.38 Å². The van der Waals surface area contributed by atoms with E-state index in [0.29, 0.717) is 12.0 Å². The molecule has 0 saturated heterocycles. The van der Waals surface area contributed by atoms with Crippen LogP contribution in [-0.4, -0.2) is 0 Å². The lowest BCUT2D eigenvalue weighted by atomic mass is 10.0. The van der Waals surface area contributed by atoms with Crippen molar-refractivity contribution in [3.05, 3.63) is 68.4 Å². The summed E-state index contributed by atoms with van der Waals surface area (Å²) in [6, 6.07) is 12.5. The van der Waals surface area contributed by atoms with Crippen LogP contribution in [-0.2, 0) is 6.42 Å².